The number of ether oxygens (including phenoxy) is 1. The number of aromatic nitrogens is 2. The molecule has 23 heavy (non-hydrogen) atoms. The Balaban J connectivity index is 2.33. The number of nitro groups is 1. The summed E-state index contributed by atoms with van der Waals surface area (Å²) in [5.41, 5.74) is 0.165. The SMILES string of the molecule is CCOc1ccc(NC(=O)c2c(Br)cnn2CC)c([N+](=O)[O-])c1. The highest BCUT2D eigenvalue weighted by atomic mass is 79.9. The van der Waals surface area contributed by atoms with Gasteiger partial charge in [0, 0.05) is 6.54 Å². The van der Waals surface area contributed by atoms with Crippen molar-refractivity contribution in [2.24, 2.45) is 0 Å². The second kappa shape index (κ2) is 7.23. The Labute approximate surface area is 140 Å². The molecule has 9 heteroatoms. The Bertz CT molecular complexity index is 744. The zero-order valence-corrected chi connectivity index (χ0v) is 14.2. The molecule has 0 aliphatic rings. The summed E-state index contributed by atoms with van der Waals surface area (Å²) in [5.74, 6) is -0.111. The lowest BCUT2D eigenvalue weighted by molar-refractivity contribution is -0.384. The van der Waals surface area contributed by atoms with E-state index in [4.69, 9.17) is 4.74 Å². The van der Waals surface area contributed by atoms with Crippen LogP contribution in [0, 0.1) is 10.1 Å². The molecule has 1 amide bonds. The van der Waals surface area contributed by atoms with Gasteiger partial charge in [0.2, 0.25) is 0 Å². The normalized spacial score (nSPS) is 10.4. The molecule has 1 N–H and O–H groups in total. The number of aryl methyl sites for hydroxylation is 1. The molecule has 0 radical (unpaired) electrons. The van der Waals surface area contributed by atoms with Gasteiger partial charge in [0.25, 0.3) is 11.6 Å². The van der Waals surface area contributed by atoms with Gasteiger partial charge in [0.15, 0.2) is 0 Å². The van der Waals surface area contributed by atoms with Crippen LogP contribution in [-0.4, -0.2) is 27.2 Å². The van der Waals surface area contributed by atoms with Crippen molar-refractivity contribution in [2.75, 3.05) is 11.9 Å². The van der Waals surface area contributed by atoms with E-state index in [9.17, 15) is 14.9 Å². The predicted molar refractivity (Wildman–Crippen MR) is 87.8 cm³/mol. The molecule has 0 saturated heterocycles. The van der Waals surface area contributed by atoms with E-state index in [1.54, 1.807) is 13.0 Å². The monoisotopic (exact) mass is 382 g/mol. The van der Waals surface area contributed by atoms with Crippen molar-refractivity contribution in [3.63, 3.8) is 0 Å². The Morgan fingerprint density at radius 3 is 2.83 bits per heavy atom. The van der Waals surface area contributed by atoms with Crippen LogP contribution in [0.1, 0.15) is 24.3 Å². The highest BCUT2D eigenvalue weighted by Gasteiger charge is 2.21. The van der Waals surface area contributed by atoms with Crippen molar-refractivity contribution in [3.8, 4) is 5.75 Å². The smallest absolute Gasteiger partial charge is 0.296 e. The third-order valence-electron chi connectivity index (χ3n) is 3.03. The van der Waals surface area contributed by atoms with Crippen LogP contribution in [0.5, 0.6) is 5.75 Å². The van der Waals surface area contributed by atoms with E-state index >= 15 is 0 Å². The van der Waals surface area contributed by atoms with E-state index in [1.807, 2.05) is 6.92 Å². The van der Waals surface area contributed by atoms with Crippen LogP contribution >= 0.6 is 15.9 Å². The van der Waals surface area contributed by atoms with Gasteiger partial charge >= 0.3 is 0 Å². The Hall–Kier alpha value is -2.42. The summed E-state index contributed by atoms with van der Waals surface area (Å²) < 4.78 is 7.26. The van der Waals surface area contributed by atoms with Crippen LogP contribution in [-0.2, 0) is 6.54 Å². The maximum atomic E-state index is 12.4. The molecule has 0 bridgehead atoms. The van der Waals surface area contributed by atoms with Crippen LogP contribution in [0.3, 0.4) is 0 Å². The quantitative estimate of drug-likeness (QED) is 0.610. The summed E-state index contributed by atoms with van der Waals surface area (Å²) in [6.45, 7) is 4.52. The molecule has 0 atom stereocenters. The van der Waals surface area contributed by atoms with Gasteiger partial charge in [-0.3, -0.25) is 19.6 Å². The fraction of sp³-hybridized carbons (Fsp3) is 0.286. The maximum Gasteiger partial charge on any atom is 0.296 e. The first-order valence-electron chi connectivity index (χ1n) is 6.91. The molecule has 0 saturated carbocycles. The number of hydrogen-bond acceptors (Lipinski definition) is 5. The number of amides is 1. The molecule has 1 aromatic carbocycles. The van der Waals surface area contributed by atoms with Gasteiger partial charge in [-0.1, -0.05) is 0 Å². The zero-order chi connectivity index (χ0) is 17.0. The number of carbonyl (C=O) groups is 1. The molecule has 2 rings (SSSR count). The molecule has 0 aliphatic heterocycles. The summed E-state index contributed by atoms with van der Waals surface area (Å²) in [4.78, 5) is 23.0. The van der Waals surface area contributed by atoms with Crippen LogP contribution in [0.15, 0.2) is 28.9 Å². The van der Waals surface area contributed by atoms with Gasteiger partial charge in [-0.15, -0.1) is 0 Å². The van der Waals surface area contributed by atoms with Crippen molar-refractivity contribution >= 4 is 33.2 Å². The fourth-order valence-corrected chi connectivity index (χ4v) is 2.51. The van der Waals surface area contributed by atoms with Crippen molar-refractivity contribution in [3.05, 3.63) is 44.7 Å². The minimum Gasteiger partial charge on any atom is -0.494 e. The summed E-state index contributed by atoms with van der Waals surface area (Å²) in [5, 5.41) is 17.8. The average Bonchev–Trinajstić information content (AvgIpc) is 2.89. The summed E-state index contributed by atoms with van der Waals surface area (Å²) >= 11 is 3.25. The number of halogens is 1. The molecule has 0 unspecified atom stereocenters. The van der Waals surface area contributed by atoms with Crippen LogP contribution in [0.25, 0.3) is 0 Å². The number of nitro benzene ring substituents is 1. The number of nitrogens with zero attached hydrogens (tertiary/aromatic N) is 3. The topological polar surface area (TPSA) is 99.3 Å². The highest BCUT2D eigenvalue weighted by Crippen LogP contribution is 2.30. The molecule has 1 aromatic heterocycles. The number of rotatable bonds is 6. The molecule has 122 valence electrons. The number of benzene rings is 1. The lowest BCUT2D eigenvalue weighted by atomic mass is 10.2. The molecule has 0 fully saturated rings. The standard InChI is InChI=1S/C14H15BrN4O4/c1-3-18-13(10(15)8-16-18)14(20)17-11-6-5-9(23-4-2)7-12(11)19(21)22/h5-8H,3-4H2,1-2H3,(H,17,20). The number of anilines is 1. The van der Waals surface area contributed by atoms with E-state index in [-0.39, 0.29) is 11.4 Å². The predicted octanol–water partition coefficient (Wildman–Crippen LogP) is 3.22. The van der Waals surface area contributed by atoms with Gasteiger partial charge in [-0.05, 0) is 41.9 Å². The van der Waals surface area contributed by atoms with Crippen LogP contribution in [0.2, 0.25) is 0 Å². The average molecular weight is 383 g/mol. The van der Waals surface area contributed by atoms with Crippen molar-refractivity contribution in [2.45, 2.75) is 20.4 Å². The Morgan fingerprint density at radius 2 is 2.22 bits per heavy atom. The fourth-order valence-electron chi connectivity index (χ4n) is 2.03. The molecule has 8 nitrogen and oxygen atoms in total. The number of hydrogen-bond donors (Lipinski definition) is 1. The third kappa shape index (κ3) is 3.67. The van der Waals surface area contributed by atoms with Gasteiger partial charge in [-0.25, -0.2) is 0 Å². The Morgan fingerprint density at radius 1 is 1.48 bits per heavy atom. The lowest BCUT2D eigenvalue weighted by Crippen LogP contribution is -2.18. The summed E-state index contributed by atoms with van der Waals surface area (Å²) in [6.07, 6.45) is 1.50. The van der Waals surface area contributed by atoms with Gasteiger partial charge in [0.1, 0.15) is 17.1 Å². The second-order valence-electron chi connectivity index (χ2n) is 4.48. The van der Waals surface area contributed by atoms with Crippen LogP contribution < -0.4 is 10.1 Å². The molecule has 2 aromatic rings. The molecule has 0 aliphatic carbocycles. The molecular weight excluding hydrogens is 368 g/mol. The number of carbonyl (C=O) groups excluding carboxylic acids is 1. The van der Waals surface area contributed by atoms with Gasteiger partial charge in [-0.2, -0.15) is 5.10 Å². The highest BCUT2D eigenvalue weighted by molar-refractivity contribution is 9.10. The van der Waals surface area contributed by atoms with Crippen LogP contribution in [0.4, 0.5) is 11.4 Å². The minimum absolute atomic E-state index is 0.0965. The maximum absolute atomic E-state index is 12.4. The van der Waals surface area contributed by atoms with Crippen molar-refractivity contribution < 1.29 is 14.5 Å². The van der Waals surface area contributed by atoms with E-state index in [0.29, 0.717) is 29.1 Å². The minimum atomic E-state index is -0.565. The first-order chi connectivity index (χ1) is 11.0. The first-order valence-corrected chi connectivity index (χ1v) is 7.71. The summed E-state index contributed by atoms with van der Waals surface area (Å²) in [7, 11) is 0. The third-order valence-corrected chi connectivity index (χ3v) is 3.61. The molecule has 1 heterocycles. The molecule has 0 spiro atoms. The van der Waals surface area contributed by atoms with Crippen molar-refractivity contribution in [1.82, 2.24) is 9.78 Å². The summed E-state index contributed by atoms with van der Waals surface area (Å²) in [6, 6.07) is 4.30. The van der Waals surface area contributed by atoms with Gasteiger partial charge < -0.3 is 10.1 Å². The Kier molecular flexibility index (Phi) is 5.32. The van der Waals surface area contributed by atoms with E-state index in [2.05, 4.69) is 26.3 Å². The van der Waals surface area contributed by atoms with E-state index in [1.165, 1.54) is 23.0 Å². The largest absolute Gasteiger partial charge is 0.494 e. The van der Waals surface area contributed by atoms with Crippen molar-refractivity contribution in [1.29, 1.82) is 0 Å². The molecular formula is C14H15BrN4O4. The zero-order valence-electron chi connectivity index (χ0n) is 12.6. The second-order valence-corrected chi connectivity index (χ2v) is 5.33. The van der Waals surface area contributed by atoms with Gasteiger partial charge in [0.05, 0.1) is 28.3 Å². The first kappa shape index (κ1) is 16.9. The lowest BCUT2D eigenvalue weighted by Gasteiger charge is -2.09. The van der Waals surface area contributed by atoms with E-state index < -0.39 is 10.8 Å². The number of nitrogens with one attached hydrogen (secondary N) is 1. The van der Waals surface area contributed by atoms with E-state index in [0.717, 1.165) is 0 Å².